The smallest absolute Gasteiger partial charge is 0.296 e. The summed E-state index contributed by atoms with van der Waals surface area (Å²) in [7, 11) is 0. The van der Waals surface area contributed by atoms with Crippen LogP contribution in [0.4, 0.5) is 13.2 Å². The molecule has 6 heteroatoms. The second-order valence-corrected chi connectivity index (χ2v) is 4.18. The summed E-state index contributed by atoms with van der Waals surface area (Å²) in [6.45, 7) is 2.91. The van der Waals surface area contributed by atoms with Gasteiger partial charge in [0, 0.05) is 9.13 Å². The highest BCUT2D eigenvalue weighted by molar-refractivity contribution is 14.1. The average molecular weight is 328 g/mol. The van der Waals surface area contributed by atoms with Crippen molar-refractivity contribution >= 4 is 29.3 Å². The fourth-order valence-electron chi connectivity index (χ4n) is 1.07. The van der Waals surface area contributed by atoms with Gasteiger partial charge in [-0.25, -0.2) is 0 Å². The van der Waals surface area contributed by atoms with Crippen molar-refractivity contribution in [1.29, 1.82) is 0 Å². The first-order valence-corrected chi connectivity index (χ1v) is 4.98. The van der Waals surface area contributed by atoms with E-state index in [-0.39, 0.29) is 5.56 Å². The summed E-state index contributed by atoms with van der Waals surface area (Å²) in [4.78, 5) is 3.00. The second kappa shape index (κ2) is 4.09. The van der Waals surface area contributed by atoms with Crippen LogP contribution in [0.2, 0.25) is 0 Å². The predicted octanol–water partition coefficient (Wildman–Crippen LogP) is 2.67. The molecule has 1 unspecified atom stereocenters. The normalized spacial score (nSPS) is 15.8. The van der Waals surface area contributed by atoms with E-state index < -0.39 is 11.8 Å². The van der Waals surface area contributed by atoms with Crippen molar-refractivity contribution in [2.24, 2.45) is 10.7 Å². The van der Waals surface area contributed by atoms with Gasteiger partial charge in [0.15, 0.2) is 0 Å². The Morgan fingerprint density at radius 1 is 1.33 bits per heavy atom. The number of hydrogen-bond acceptors (Lipinski definition) is 2. The van der Waals surface area contributed by atoms with Gasteiger partial charge in [-0.1, -0.05) is 12.1 Å². The Labute approximate surface area is 98.5 Å². The molecule has 82 valence electrons. The topological polar surface area (TPSA) is 38.4 Å². The van der Waals surface area contributed by atoms with Gasteiger partial charge in [-0.3, -0.25) is 10.7 Å². The molecular formula is C9H8F3IN2. The number of nitrogens with two attached hydrogens (primary N) is 1. The van der Waals surface area contributed by atoms with E-state index in [9.17, 15) is 13.2 Å². The maximum atomic E-state index is 12.7. The van der Waals surface area contributed by atoms with Gasteiger partial charge in [0.1, 0.15) is 0 Å². The van der Waals surface area contributed by atoms with Gasteiger partial charge in [-0.2, -0.15) is 13.2 Å². The lowest BCUT2D eigenvalue weighted by Gasteiger charge is -2.27. The van der Waals surface area contributed by atoms with Crippen LogP contribution >= 0.6 is 22.6 Å². The minimum Gasteiger partial charge on any atom is -0.296 e. The van der Waals surface area contributed by atoms with E-state index >= 15 is 0 Å². The van der Waals surface area contributed by atoms with E-state index in [0.29, 0.717) is 3.57 Å². The van der Waals surface area contributed by atoms with Crippen LogP contribution in [0.1, 0.15) is 5.56 Å². The van der Waals surface area contributed by atoms with Crippen molar-refractivity contribution < 1.29 is 13.2 Å². The van der Waals surface area contributed by atoms with Crippen molar-refractivity contribution in [2.45, 2.75) is 11.8 Å². The van der Waals surface area contributed by atoms with E-state index in [4.69, 9.17) is 5.73 Å². The summed E-state index contributed by atoms with van der Waals surface area (Å²) in [5.41, 5.74) is 2.37. The molecule has 0 aliphatic rings. The van der Waals surface area contributed by atoms with Crippen LogP contribution in [-0.4, -0.2) is 12.9 Å². The number of alkyl halides is 3. The van der Waals surface area contributed by atoms with Crippen molar-refractivity contribution in [3.63, 3.8) is 0 Å². The second-order valence-electron chi connectivity index (χ2n) is 2.93. The molecule has 0 amide bonds. The monoisotopic (exact) mass is 328 g/mol. The predicted molar refractivity (Wildman–Crippen MR) is 60.6 cm³/mol. The van der Waals surface area contributed by atoms with Crippen LogP contribution in [0, 0.1) is 3.57 Å². The fraction of sp³-hybridized carbons (Fsp3) is 0.222. The Kier molecular flexibility index (Phi) is 3.39. The van der Waals surface area contributed by atoms with E-state index in [2.05, 4.69) is 11.7 Å². The van der Waals surface area contributed by atoms with Gasteiger partial charge < -0.3 is 0 Å². The highest BCUT2D eigenvalue weighted by atomic mass is 127. The first-order valence-electron chi connectivity index (χ1n) is 3.91. The van der Waals surface area contributed by atoms with Crippen LogP contribution in [0.15, 0.2) is 29.3 Å². The Morgan fingerprint density at radius 2 is 1.93 bits per heavy atom. The molecule has 0 bridgehead atoms. The van der Waals surface area contributed by atoms with E-state index in [1.54, 1.807) is 6.07 Å². The molecule has 1 aromatic rings. The number of aliphatic imine (C=N–C) groups is 1. The Hall–Kier alpha value is -0.630. The lowest BCUT2D eigenvalue weighted by atomic mass is 10.0. The third-order valence-corrected chi connectivity index (χ3v) is 2.62. The molecule has 0 saturated carbocycles. The van der Waals surface area contributed by atoms with Gasteiger partial charge in [0.25, 0.3) is 0 Å². The summed E-state index contributed by atoms with van der Waals surface area (Å²) in [6, 6.07) is 5.78. The zero-order valence-electron chi connectivity index (χ0n) is 7.55. The van der Waals surface area contributed by atoms with Crippen molar-refractivity contribution in [2.75, 3.05) is 0 Å². The molecule has 2 N–H and O–H groups in total. The van der Waals surface area contributed by atoms with Gasteiger partial charge in [0.2, 0.25) is 5.66 Å². The molecule has 0 fully saturated rings. The molecule has 0 spiro atoms. The molecule has 0 aromatic heterocycles. The molecular weight excluding hydrogens is 320 g/mol. The summed E-state index contributed by atoms with van der Waals surface area (Å²) in [5.74, 6) is 0. The fourth-order valence-corrected chi connectivity index (χ4v) is 1.61. The third kappa shape index (κ3) is 2.31. The van der Waals surface area contributed by atoms with Gasteiger partial charge in [-0.05, 0) is 41.4 Å². The molecule has 15 heavy (non-hydrogen) atoms. The van der Waals surface area contributed by atoms with Crippen LogP contribution in [0.3, 0.4) is 0 Å². The maximum Gasteiger partial charge on any atom is 0.431 e. The van der Waals surface area contributed by atoms with E-state index in [1.807, 2.05) is 22.6 Å². The largest absolute Gasteiger partial charge is 0.431 e. The Morgan fingerprint density at radius 3 is 2.33 bits per heavy atom. The lowest BCUT2D eigenvalue weighted by molar-refractivity contribution is -0.186. The van der Waals surface area contributed by atoms with Gasteiger partial charge in [0.05, 0.1) is 0 Å². The van der Waals surface area contributed by atoms with Crippen LogP contribution < -0.4 is 5.73 Å². The SMILES string of the molecule is C=NC(N)(c1cccc(I)c1)C(F)(F)F. The third-order valence-electron chi connectivity index (χ3n) is 1.95. The Bertz CT molecular complexity index is 378. The minimum absolute atomic E-state index is 0.114. The summed E-state index contributed by atoms with van der Waals surface area (Å²) < 4.78 is 38.6. The molecule has 0 radical (unpaired) electrons. The average Bonchev–Trinajstić information content (AvgIpc) is 2.14. The van der Waals surface area contributed by atoms with Crippen molar-refractivity contribution in [1.82, 2.24) is 0 Å². The van der Waals surface area contributed by atoms with E-state index in [0.717, 1.165) is 0 Å². The van der Waals surface area contributed by atoms with Crippen LogP contribution in [-0.2, 0) is 5.66 Å². The first-order chi connectivity index (χ1) is 6.81. The van der Waals surface area contributed by atoms with Crippen LogP contribution in [0.25, 0.3) is 0 Å². The molecule has 2 nitrogen and oxygen atoms in total. The molecule has 0 aliphatic heterocycles. The number of benzene rings is 1. The van der Waals surface area contributed by atoms with E-state index in [1.165, 1.54) is 18.2 Å². The molecule has 1 aromatic carbocycles. The molecule has 0 aliphatic carbocycles. The van der Waals surface area contributed by atoms with Crippen molar-refractivity contribution in [3.05, 3.63) is 33.4 Å². The summed E-state index contributed by atoms with van der Waals surface area (Å²) in [5, 5.41) is 0. The number of rotatable bonds is 2. The number of nitrogens with zero attached hydrogens (tertiary/aromatic N) is 1. The quantitative estimate of drug-likeness (QED) is 0.658. The zero-order chi connectivity index (χ0) is 11.7. The minimum atomic E-state index is -4.65. The Balaban J connectivity index is 3.30. The van der Waals surface area contributed by atoms with Gasteiger partial charge in [-0.15, -0.1) is 0 Å². The zero-order valence-corrected chi connectivity index (χ0v) is 9.71. The number of halogens is 4. The molecule has 1 atom stereocenters. The number of hydrogen-bond donors (Lipinski definition) is 1. The molecule has 1 rings (SSSR count). The standard InChI is InChI=1S/C9H8F3IN2/c1-15-8(14,9(10,11)12)6-3-2-4-7(13)5-6/h2-5H,1,14H2. The van der Waals surface area contributed by atoms with Crippen molar-refractivity contribution in [3.8, 4) is 0 Å². The van der Waals surface area contributed by atoms with Crippen LogP contribution in [0.5, 0.6) is 0 Å². The molecule has 0 saturated heterocycles. The first kappa shape index (κ1) is 12.4. The summed E-state index contributed by atoms with van der Waals surface area (Å²) in [6.07, 6.45) is -4.65. The lowest BCUT2D eigenvalue weighted by Crippen LogP contribution is -2.48. The van der Waals surface area contributed by atoms with Gasteiger partial charge >= 0.3 is 6.18 Å². The molecule has 0 heterocycles. The highest BCUT2D eigenvalue weighted by Gasteiger charge is 2.53. The highest BCUT2D eigenvalue weighted by Crippen LogP contribution is 2.37. The maximum absolute atomic E-state index is 12.7. The summed E-state index contributed by atoms with van der Waals surface area (Å²) >= 11 is 1.90.